The first-order valence-electron chi connectivity index (χ1n) is 9.64. The molecule has 1 aromatic carbocycles. The van der Waals surface area contributed by atoms with Crippen molar-refractivity contribution in [3.63, 3.8) is 0 Å². The molecule has 4 nitrogen and oxygen atoms in total. The predicted octanol–water partition coefficient (Wildman–Crippen LogP) is 5.25. The molecule has 0 bridgehead atoms. The van der Waals surface area contributed by atoms with E-state index in [1.54, 1.807) is 0 Å². The van der Waals surface area contributed by atoms with E-state index in [-0.39, 0.29) is 5.91 Å². The Morgan fingerprint density at radius 3 is 2.54 bits per heavy atom. The van der Waals surface area contributed by atoms with Gasteiger partial charge in [-0.3, -0.25) is 4.79 Å². The van der Waals surface area contributed by atoms with E-state index >= 15 is 0 Å². The number of thiazole rings is 1. The molecule has 2 aromatic rings. The van der Waals surface area contributed by atoms with Crippen LogP contribution >= 0.6 is 11.3 Å². The Labute approximate surface area is 160 Å². The molecule has 1 aliphatic carbocycles. The van der Waals surface area contributed by atoms with Gasteiger partial charge in [0.05, 0.1) is 5.69 Å². The zero-order chi connectivity index (χ0) is 18.5. The average molecular weight is 372 g/mol. The topological polar surface area (TPSA) is 54.0 Å². The third kappa shape index (κ3) is 4.85. The number of carbonyl (C=O) groups excluding carboxylic acids is 1. The number of nitrogens with zero attached hydrogens (tertiary/aromatic N) is 1. The van der Waals surface area contributed by atoms with E-state index in [9.17, 15) is 4.79 Å². The van der Waals surface area contributed by atoms with Gasteiger partial charge < -0.3 is 10.6 Å². The molecule has 140 valence electrons. The lowest BCUT2D eigenvalue weighted by atomic mass is 9.96. The quantitative estimate of drug-likeness (QED) is 0.729. The van der Waals surface area contributed by atoms with Gasteiger partial charge in [-0.05, 0) is 36.8 Å². The number of carbonyl (C=O) groups is 1. The summed E-state index contributed by atoms with van der Waals surface area (Å²) >= 11 is 1.47. The second-order valence-electron chi connectivity index (χ2n) is 7.49. The fourth-order valence-corrected chi connectivity index (χ4v) is 4.33. The highest BCUT2D eigenvalue weighted by molar-refractivity contribution is 7.17. The van der Waals surface area contributed by atoms with E-state index < -0.39 is 0 Å². The molecule has 0 saturated heterocycles. The number of aromatic nitrogens is 1. The molecule has 3 rings (SSSR count). The lowest BCUT2D eigenvalue weighted by molar-refractivity contribution is 0.0954. The average Bonchev–Trinajstić information content (AvgIpc) is 3.01. The SMILES string of the molecule is Cc1nc(NC2CCCCC2)sc1C(=O)NCc1ccc(C(C)C)cc1. The van der Waals surface area contributed by atoms with Crippen LogP contribution in [0.5, 0.6) is 0 Å². The molecule has 1 aliphatic rings. The Morgan fingerprint density at radius 1 is 1.19 bits per heavy atom. The van der Waals surface area contributed by atoms with Crippen molar-refractivity contribution in [1.29, 1.82) is 0 Å². The number of hydrogen-bond donors (Lipinski definition) is 2. The van der Waals surface area contributed by atoms with Gasteiger partial charge in [0.25, 0.3) is 5.91 Å². The molecule has 0 spiro atoms. The van der Waals surface area contributed by atoms with Crippen LogP contribution in [-0.4, -0.2) is 16.9 Å². The summed E-state index contributed by atoms with van der Waals surface area (Å²) < 4.78 is 0. The summed E-state index contributed by atoms with van der Waals surface area (Å²) in [6, 6.07) is 8.95. The summed E-state index contributed by atoms with van der Waals surface area (Å²) in [7, 11) is 0. The Morgan fingerprint density at radius 2 is 1.88 bits per heavy atom. The highest BCUT2D eigenvalue weighted by Gasteiger charge is 2.18. The lowest BCUT2D eigenvalue weighted by Gasteiger charge is -2.22. The maximum Gasteiger partial charge on any atom is 0.263 e. The summed E-state index contributed by atoms with van der Waals surface area (Å²) in [6.07, 6.45) is 6.30. The van der Waals surface area contributed by atoms with Gasteiger partial charge in [0.15, 0.2) is 5.13 Å². The number of nitrogens with one attached hydrogen (secondary N) is 2. The van der Waals surface area contributed by atoms with Crippen molar-refractivity contribution in [2.75, 3.05) is 5.32 Å². The Bertz CT molecular complexity index is 730. The lowest BCUT2D eigenvalue weighted by Crippen LogP contribution is -2.22. The van der Waals surface area contributed by atoms with Crippen LogP contribution < -0.4 is 10.6 Å². The molecule has 1 aromatic heterocycles. The summed E-state index contributed by atoms with van der Waals surface area (Å²) in [4.78, 5) is 17.8. The minimum atomic E-state index is -0.0374. The third-order valence-electron chi connectivity index (χ3n) is 5.04. The molecule has 1 fully saturated rings. The van der Waals surface area contributed by atoms with Gasteiger partial charge in [0.2, 0.25) is 0 Å². The fraction of sp³-hybridized carbons (Fsp3) is 0.524. The number of aryl methyl sites for hydroxylation is 1. The number of anilines is 1. The maximum atomic E-state index is 12.6. The van der Waals surface area contributed by atoms with Crippen LogP contribution in [0, 0.1) is 6.92 Å². The standard InChI is InChI=1S/C21H29N3OS/c1-14(2)17-11-9-16(10-12-17)13-22-20(25)19-15(3)23-21(26-19)24-18-7-5-4-6-8-18/h9-12,14,18H,4-8,13H2,1-3H3,(H,22,25)(H,23,24). The first-order valence-corrected chi connectivity index (χ1v) is 10.5. The number of benzene rings is 1. The van der Waals surface area contributed by atoms with Gasteiger partial charge in [0, 0.05) is 12.6 Å². The van der Waals surface area contributed by atoms with E-state index in [2.05, 4.69) is 53.7 Å². The van der Waals surface area contributed by atoms with Crippen LogP contribution in [0.3, 0.4) is 0 Å². The van der Waals surface area contributed by atoms with Crippen molar-refractivity contribution in [3.8, 4) is 0 Å². The first kappa shape index (κ1) is 18.9. The number of rotatable bonds is 6. The van der Waals surface area contributed by atoms with Gasteiger partial charge in [0.1, 0.15) is 4.88 Å². The molecule has 2 N–H and O–H groups in total. The molecule has 26 heavy (non-hydrogen) atoms. The fourth-order valence-electron chi connectivity index (χ4n) is 3.37. The number of amides is 1. The van der Waals surface area contributed by atoms with Gasteiger partial charge >= 0.3 is 0 Å². The molecule has 0 unspecified atom stereocenters. The molecular formula is C21H29N3OS. The Kier molecular flexibility index (Phi) is 6.30. The second kappa shape index (κ2) is 8.67. The zero-order valence-corrected chi connectivity index (χ0v) is 16.8. The normalized spacial score (nSPS) is 15.2. The summed E-state index contributed by atoms with van der Waals surface area (Å²) in [5.41, 5.74) is 3.24. The molecule has 1 amide bonds. The van der Waals surface area contributed by atoms with Gasteiger partial charge in [-0.1, -0.05) is 68.7 Å². The van der Waals surface area contributed by atoms with Crippen molar-refractivity contribution in [3.05, 3.63) is 46.0 Å². The third-order valence-corrected chi connectivity index (χ3v) is 6.12. The predicted molar refractivity (Wildman–Crippen MR) is 109 cm³/mol. The molecule has 0 radical (unpaired) electrons. The molecule has 5 heteroatoms. The van der Waals surface area contributed by atoms with Crippen molar-refractivity contribution in [1.82, 2.24) is 10.3 Å². The molecule has 1 saturated carbocycles. The number of hydrogen-bond acceptors (Lipinski definition) is 4. The van der Waals surface area contributed by atoms with Crippen LogP contribution in [-0.2, 0) is 6.54 Å². The minimum Gasteiger partial charge on any atom is -0.359 e. The van der Waals surface area contributed by atoms with Crippen molar-refractivity contribution < 1.29 is 4.79 Å². The molecule has 0 atom stereocenters. The van der Waals surface area contributed by atoms with E-state index in [4.69, 9.17) is 0 Å². The van der Waals surface area contributed by atoms with Gasteiger partial charge in [-0.25, -0.2) is 4.98 Å². The van der Waals surface area contributed by atoms with Crippen molar-refractivity contribution >= 4 is 22.4 Å². The van der Waals surface area contributed by atoms with E-state index in [1.165, 1.54) is 49.0 Å². The van der Waals surface area contributed by atoms with Gasteiger partial charge in [-0.15, -0.1) is 0 Å². The monoisotopic (exact) mass is 371 g/mol. The van der Waals surface area contributed by atoms with Crippen LogP contribution in [0.1, 0.15) is 78.4 Å². The molecular weight excluding hydrogens is 342 g/mol. The first-order chi connectivity index (χ1) is 12.5. The zero-order valence-electron chi connectivity index (χ0n) is 16.0. The summed E-state index contributed by atoms with van der Waals surface area (Å²) in [6.45, 7) is 6.82. The van der Waals surface area contributed by atoms with Crippen LogP contribution in [0.25, 0.3) is 0 Å². The molecule has 0 aliphatic heterocycles. The van der Waals surface area contributed by atoms with Crippen LogP contribution in [0.4, 0.5) is 5.13 Å². The van der Waals surface area contributed by atoms with E-state index in [0.717, 1.165) is 16.4 Å². The maximum absolute atomic E-state index is 12.6. The minimum absolute atomic E-state index is 0.0374. The molecule has 1 heterocycles. The van der Waals surface area contributed by atoms with Crippen LogP contribution in [0.2, 0.25) is 0 Å². The van der Waals surface area contributed by atoms with E-state index in [1.807, 2.05) is 6.92 Å². The second-order valence-corrected chi connectivity index (χ2v) is 8.49. The van der Waals surface area contributed by atoms with Crippen molar-refractivity contribution in [2.24, 2.45) is 0 Å². The Hall–Kier alpha value is -1.88. The summed E-state index contributed by atoms with van der Waals surface area (Å²) in [5, 5.41) is 7.42. The van der Waals surface area contributed by atoms with E-state index in [0.29, 0.717) is 23.4 Å². The Balaban J connectivity index is 1.57. The summed E-state index contributed by atoms with van der Waals surface area (Å²) in [5.74, 6) is 0.484. The van der Waals surface area contributed by atoms with Crippen molar-refractivity contribution in [2.45, 2.75) is 71.4 Å². The highest BCUT2D eigenvalue weighted by Crippen LogP contribution is 2.27. The van der Waals surface area contributed by atoms with Crippen LogP contribution in [0.15, 0.2) is 24.3 Å². The highest BCUT2D eigenvalue weighted by atomic mass is 32.1. The largest absolute Gasteiger partial charge is 0.359 e. The smallest absolute Gasteiger partial charge is 0.263 e. The van der Waals surface area contributed by atoms with Gasteiger partial charge in [-0.2, -0.15) is 0 Å².